The van der Waals surface area contributed by atoms with Gasteiger partial charge in [-0.1, -0.05) is 50.5 Å². The lowest BCUT2D eigenvalue weighted by molar-refractivity contribution is -0.113. The lowest BCUT2D eigenvalue weighted by atomic mass is 9.94. The van der Waals surface area contributed by atoms with Crippen molar-refractivity contribution in [2.24, 2.45) is 0 Å². The average Bonchev–Trinajstić information content (AvgIpc) is 3.31. The molecule has 0 bridgehead atoms. The molecule has 4 rings (SSSR count). The highest BCUT2D eigenvalue weighted by Gasteiger charge is 2.34. The van der Waals surface area contributed by atoms with Crippen LogP contribution in [-0.4, -0.2) is 34.4 Å². The normalized spacial score (nSPS) is 14.9. The maximum atomic E-state index is 13.4. The molecule has 0 saturated carbocycles. The zero-order valence-corrected chi connectivity index (χ0v) is 19.9. The van der Waals surface area contributed by atoms with Crippen molar-refractivity contribution in [3.05, 3.63) is 71.7 Å². The number of benzene rings is 2. The summed E-state index contributed by atoms with van der Waals surface area (Å²) in [4.78, 5) is 17.7. The van der Waals surface area contributed by atoms with Crippen LogP contribution in [0.15, 0.2) is 66.1 Å². The number of nitrogens with zero attached hydrogens (tertiary/aromatic N) is 3. The number of hydrogen-bond donors (Lipinski definition) is 2. The first-order valence-electron chi connectivity index (χ1n) is 11.7. The summed E-state index contributed by atoms with van der Waals surface area (Å²) in [5.41, 5.74) is 2.84. The molecule has 0 spiro atoms. The summed E-state index contributed by atoms with van der Waals surface area (Å²) >= 11 is 0. The summed E-state index contributed by atoms with van der Waals surface area (Å²) < 4.78 is 13.3. The summed E-state index contributed by atoms with van der Waals surface area (Å²) in [7, 11) is 1.62. The van der Waals surface area contributed by atoms with Crippen molar-refractivity contribution in [1.82, 2.24) is 14.8 Å². The number of nitrogens with one attached hydrogen (secondary N) is 2. The van der Waals surface area contributed by atoms with Crippen LogP contribution in [-0.2, 0) is 4.79 Å². The number of hydrogen-bond acceptors (Lipinski definition) is 6. The van der Waals surface area contributed by atoms with Crippen molar-refractivity contribution in [2.45, 2.75) is 45.6 Å². The van der Waals surface area contributed by atoms with E-state index in [1.54, 1.807) is 11.8 Å². The molecule has 0 fully saturated rings. The van der Waals surface area contributed by atoms with Gasteiger partial charge < -0.3 is 20.1 Å². The molecule has 0 aliphatic carbocycles. The Morgan fingerprint density at radius 3 is 2.71 bits per heavy atom. The van der Waals surface area contributed by atoms with E-state index in [1.165, 1.54) is 19.2 Å². The summed E-state index contributed by atoms with van der Waals surface area (Å²) in [6.45, 7) is 4.70. The van der Waals surface area contributed by atoms with Gasteiger partial charge in [0.05, 0.1) is 19.3 Å². The van der Waals surface area contributed by atoms with E-state index in [4.69, 9.17) is 9.47 Å². The predicted molar refractivity (Wildman–Crippen MR) is 132 cm³/mol. The topological polar surface area (TPSA) is 90.3 Å². The smallest absolute Gasteiger partial charge is 0.255 e. The van der Waals surface area contributed by atoms with E-state index in [2.05, 4.69) is 27.6 Å². The van der Waals surface area contributed by atoms with Gasteiger partial charge >= 0.3 is 0 Å². The summed E-state index contributed by atoms with van der Waals surface area (Å²) in [5.74, 6) is 1.67. The SMILES string of the molecule is CCCCCCOc1ccc(C2C(C(=O)Nc3ccccc3)=C(C)Nc3ncnn32)cc1OC. The first-order valence-corrected chi connectivity index (χ1v) is 11.7. The Morgan fingerprint density at radius 2 is 1.94 bits per heavy atom. The number of methoxy groups -OCH3 is 1. The molecule has 0 saturated heterocycles. The molecular weight excluding hydrogens is 430 g/mol. The highest BCUT2D eigenvalue weighted by Crippen LogP contribution is 2.38. The fraction of sp³-hybridized carbons (Fsp3) is 0.346. The molecule has 1 amide bonds. The van der Waals surface area contributed by atoms with Gasteiger partial charge in [-0.3, -0.25) is 4.79 Å². The van der Waals surface area contributed by atoms with Crippen molar-refractivity contribution in [3.8, 4) is 11.5 Å². The molecule has 3 aromatic rings. The molecule has 2 N–H and O–H groups in total. The van der Waals surface area contributed by atoms with Gasteiger partial charge in [-0.2, -0.15) is 10.1 Å². The summed E-state index contributed by atoms with van der Waals surface area (Å²) in [6, 6.07) is 14.7. The third-order valence-electron chi connectivity index (χ3n) is 5.83. The van der Waals surface area contributed by atoms with E-state index in [-0.39, 0.29) is 5.91 Å². The van der Waals surface area contributed by atoms with E-state index in [0.29, 0.717) is 35.3 Å². The van der Waals surface area contributed by atoms with Gasteiger partial charge in [0, 0.05) is 11.4 Å². The largest absolute Gasteiger partial charge is 0.493 e. The highest BCUT2D eigenvalue weighted by atomic mass is 16.5. The second kappa shape index (κ2) is 10.9. The minimum atomic E-state index is -0.477. The van der Waals surface area contributed by atoms with Gasteiger partial charge in [-0.05, 0) is 43.2 Å². The third kappa shape index (κ3) is 5.06. The molecule has 2 aromatic carbocycles. The van der Waals surface area contributed by atoms with Crippen LogP contribution in [0.2, 0.25) is 0 Å². The predicted octanol–water partition coefficient (Wildman–Crippen LogP) is 5.17. The molecule has 8 nitrogen and oxygen atoms in total. The molecule has 8 heteroatoms. The number of allylic oxidation sites excluding steroid dienone is 1. The molecule has 1 unspecified atom stereocenters. The van der Waals surface area contributed by atoms with Crippen LogP contribution >= 0.6 is 0 Å². The lowest BCUT2D eigenvalue weighted by Gasteiger charge is -2.29. The maximum Gasteiger partial charge on any atom is 0.255 e. The van der Waals surface area contributed by atoms with E-state index < -0.39 is 6.04 Å². The number of amides is 1. The van der Waals surface area contributed by atoms with Gasteiger partial charge in [0.2, 0.25) is 5.95 Å². The number of unbranched alkanes of at least 4 members (excludes halogenated alkanes) is 3. The standard InChI is InChI=1S/C26H31N5O3/c1-4-5-6-10-15-34-21-14-13-19(16-22(21)33-3)24-23(18(2)29-26-27-17-28-31(24)26)25(32)30-20-11-8-7-9-12-20/h7-9,11-14,16-17,24H,4-6,10,15H2,1-3H3,(H,30,32)(H,27,28,29). The van der Waals surface area contributed by atoms with Crippen molar-refractivity contribution < 1.29 is 14.3 Å². The zero-order chi connectivity index (χ0) is 23.9. The number of carbonyl (C=O) groups excluding carboxylic acids is 1. The van der Waals surface area contributed by atoms with Gasteiger partial charge in [0.1, 0.15) is 12.4 Å². The van der Waals surface area contributed by atoms with Crippen LogP contribution in [0, 0.1) is 0 Å². The van der Waals surface area contributed by atoms with E-state index >= 15 is 0 Å². The fourth-order valence-electron chi connectivity index (χ4n) is 4.10. The molecule has 0 radical (unpaired) electrons. The number of fused-ring (bicyclic) bond motifs is 1. The van der Waals surface area contributed by atoms with Gasteiger partial charge in [0.15, 0.2) is 11.5 Å². The quantitative estimate of drug-likeness (QED) is 0.405. The van der Waals surface area contributed by atoms with E-state index in [1.807, 2.05) is 55.5 Å². The van der Waals surface area contributed by atoms with E-state index in [0.717, 1.165) is 24.1 Å². The van der Waals surface area contributed by atoms with Gasteiger partial charge in [-0.25, -0.2) is 4.68 Å². The minimum Gasteiger partial charge on any atom is -0.493 e. The highest BCUT2D eigenvalue weighted by molar-refractivity contribution is 6.06. The Kier molecular flexibility index (Phi) is 7.47. The number of ether oxygens (including phenoxy) is 2. The zero-order valence-electron chi connectivity index (χ0n) is 19.9. The van der Waals surface area contributed by atoms with Crippen molar-refractivity contribution in [2.75, 3.05) is 24.4 Å². The Balaban J connectivity index is 1.64. The van der Waals surface area contributed by atoms with Crippen LogP contribution in [0.5, 0.6) is 11.5 Å². The second-order valence-electron chi connectivity index (χ2n) is 8.23. The van der Waals surface area contributed by atoms with Crippen LogP contribution in [0.1, 0.15) is 51.1 Å². The number of rotatable bonds is 10. The Morgan fingerprint density at radius 1 is 1.12 bits per heavy atom. The second-order valence-corrected chi connectivity index (χ2v) is 8.23. The Hall–Kier alpha value is -3.81. The Bertz CT molecular complexity index is 1160. The molecule has 1 atom stereocenters. The lowest BCUT2D eigenvalue weighted by Crippen LogP contribution is -2.31. The molecule has 1 aliphatic heterocycles. The maximum absolute atomic E-state index is 13.4. The van der Waals surface area contributed by atoms with Crippen LogP contribution in [0.25, 0.3) is 0 Å². The van der Waals surface area contributed by atoms with Gasteiger partial charge in [-0.15, -0.1) is 0 Å². The fourth-order valence-corrected chi connectivity index (χ4v) is 4.10. The first kappa shape index (κ1) is 23.4. The molecule has 1 aromatic heterocycles. The third-order valence-corrected chi connectivity index (χ3v) is 5.83. The molecule has 178 valence electrons. The molecular formula is C26H31N5O3. The summed E-state index contributed by atoms with van der Waals surface area (Å²) in [5, 5.41) is 10.6. The average molecular weight is 462 g/mol. The molecule has 34 heavy (non-hydrogen) atoms. The Labute approximate surface area is 200 Å². The molecule has 1 aliphatic rings. The minimum absolute atomic E-state index is 0.211. The first-order chi connectivity index (χ1) is 16.6. The van der Waals surface area contributed by atoms with Crippen LogP contribution in [0.3, 0.4) is 0 Å². The van der Waals surface area contributed by atoms with E-state index in [9.17, 15) is 4.79 Å². The van der Waals surface area contributed by atoms with Crippen LogP contribution in [0.4, 0.5) is 11.6 Å². The summed E-state index contributed by atoms with van der Waals surface area (Å²) in [6.07, 6.45) is 6.01. The number of carbonyl (C=O) groups is 1. The number of anilines is 2. The number of aromatic nitrogens is 3. The van der Waals surface area contributed by atoms with Crippen molar-refractivity contribution in [3.63, 3.8) is 0 Å². The monoisotopic (exact) mass is 461 g/mol. The van der Waals surface area contributed by atoms with Crippen LogP contribution < -0.4 is 20.1 Å². The van der Waals surface area contributed by atoms with Crippen molar-refractivity contribution >= 4 is 17.5 Å². The van der Waals surface area contributed by atoms with Crippen molar-refractivity contribution in [1.29, 1.82) is 0 Å². The number of para-hydroxylation sites is 1. The van der Waals surface area contributed by atoms with Gasteiger partial charge in [0.25, 0.3) is 5.91 Å². The molecule has 2 heterocycles.